The van der Waals surface area contributed by atoms with Gasteiger partial charge in [0.05, 0.1) is 19.4 Å². The highest BCUT2D eigenvalue weighted by Crippen LogP contribution is 2.10. The molecule has 0 saturated heterocycles. The number of carboxylic acids is 1. The van der Waals surface area contributed by atoms with Crippen LogP contribution in [0, 0.1) is 0 Å². The van der Waals surface area contributed by atoms with Gasteiger partial charge in [-0.1, -0.05) is 64.7 Å². The Morgan fingerprint density at radius 2 is 1.50 bits per heavy atom. The van der Waals surface area contributed by atoms with Crippen molar-refractivity contribution in [2.75, 3.05) is 13.2 Å². The van der Waals surface area contributed by atoms with E-state index in [1.165, 1.54) is 51.4 Å². The fourth-order valence-corrected chi connectivity index (χ4v) is 2.64. The predicted molar refractivity (Wildman–Crippen MR) is 101 cm³/mol. The van der Waals surface area contributed by atoms with Crippen molar-refractivity contribution in [2.45, 2.75) is 90.0 Å². The van der Waals surface area contributed by atoms with E-state index in [0.717, 1.165) is 12.8 Å². The van der Waals surface area contributed by atoms with E-state index in [1.807, 2.05) is 0 Å². The molecule has 0 aromatic heterocycles. The number of esters is 1. The molecule has 0 aliphatic rings. The number of primary amides is 1. The molecule has 0 spiro atoms. The minimum atomic E-state index is -1.16. The first-order chi connectivity index (χ1) is 12.5. The maximum absolute atomic E-state index is 11.6. The molecule has 26 heavy (non-hydrogen) atoms. The topological polar surface area (TPSA) is 119 Å². The van der Waals surface area contributed by atoms with Crippen molar-refractivity contribution < 1.29 is 24.2 Å². The molecule has 4 N–H and O–H groups in total. The summed E-state index contributed by atoms with van der Waals surface area (Å²) >= 11 is 0. The van der Waals surface area contributed by atoms with Crippen LogP contribution in [0.4, 0.5) is 0 Å². The molecule has 152 valence electrons. The summed E-state index contributed by atoms with van der Waals surface area (Å²) in [5.41, 5.74) is 4.98. The van der Waals surface area contributed by atoms with Crippen LogP contribution < -0.4 is 11.1 Å². The van der Waals surface area contributed by atoms with E-state index in [9.17, 15) is 14.4 Å². The fourth-order valence-electron chi connectivity index (χ4n) is 2.64. The van der Waals surface area contributed by atoms with Crippen LogP contribution in [0.1, 0.15) is 84.0 Å². The average molecular weight is 373 g/mol. The second-order valence-electron chi connectivity index (χ2n) is 6.67. The molecule has 0 aromatic carbocycles. The summed E-state index contributed by atoms with van der Waals surface area (Å²) in [4.78, 5) is 33.3. The number of hydrogen-bond acceptors (Lipinski definition) is 5. The first kappa shape index (κ1) is 24.4. The van der Waals surface area contributed by atoms with Gasteiger partial charge < -0.3 is 20.9 Å². The Morgan fingerprint density at radius 3 is 2.00 bits per heavy atom. The number of rotatable bonds is 18. The maximum atomic E-state index is 11.6. The normalized spacial score (nSPS) is 11.9. The molecule has 0 saturated carbocycles. The Bertz CT molecular complexity index is 401. The first-order valence-electron chi connectivity index (χ1n) is 9.87. The second-order valence-corrected chi connectivity index (χ2v) is 6.67. The third-order valence-electron chi connectivity index (χ3n) is 4.18. The molecule has 0 aliphatic carbocycles. The lowest BCUT2D eigenvalue weighted by atomic mass is 10.1. The highest BCUT2D eigenvalue weighted by Gasteiger charge is 2.19. The van der Waals surface area contributed by atoms with Gasteiger partial charge in [-0.3, -0.25) is 14.4 Å². The Kier molecular flexibility index (Phi) is 15.8. The van der Waals surface area contributed by atoms with Crippen molar-refractivity contribution in [1.82, 2.24) is 5.32 Å². The minimum absolute atomic E-state index is 0.0697. The minimum Gasteiger partial charge on any atom is -0.480 e. The third kappa shape index (κ3) is 15.9. The van der Waals surface area contributed by atoms with Crippen LogP contribution in [-0.4, -0.2) is 42.1 Å². The van der Waals surface area contributed by atoms with Crippen molar-refractivity contribution >= 4 is 17.8 Å². The molecule has 7 nitrogen and oxygen atoms in total. The summed E-state index contributed by atoms with van der Waals surface area (Å²) in [7, 11) is 0. The molecule has 7 heteroatoms. The Morgan fingerprint density at radius 1 is 0.962 bits per heavy atom. The summed E-state index contributed by atoms with van der Waals surface area (Å²) < 4.78 is 5.12. The third-order valence-corrected chi connectivity index (χ3v) is 4.18. The fraction of sp³-hybridized carbons (Fsp3) is 0.842. The van der Waals surface area contributed by atoms with E-state index < -0.39 is 17.9 Å². The summed E-state index contributed by atoms with van der Waals surface area (Å²) in [5, 5.41) is 11.5. The van der Waals surface area contributed by atoms with E-state index in [2.05, 4.69) is 12.2 Å². The van der Waals surface area contributed by atoms with Crippen LogP contribution >= 0.6 is 0 Å². The number of aliphatic carboxylic acids is 1. The van der Waals surface area contributed by atoms with Crippen LogP contribution in [0.3, 0.4) is 0 Å². The van der Waals surface area contributed by atoms with Gasteiger partial charge in [-0.25, -0.2) is 0 Å². The smallest absolute Gasteiger partial charge is 0.321 e. The number of nitrogens with one attached hydrogen (secondary N) is 1. The van der Waals surface area contributed by atoms with Gasteiger partial charge in [0.15, 0.2) is 0 Å². The zero-order valence-electron chi connectivity index (χ0n) is 16.1. The highest BCUT2D eigenvalue weighted by molar-refractivity contribution is 5.83. The number of carbonyl (C=O) groups excluding carboxylic acids is 2. The molecule has 0 bridgehead atoms. The van der Waals surface area contributed by atoms with Crippen molar-refractivity contribution in [2.24, 2.45) is 5.73 Å². The van der Waals surface area contributed by atoms with Gasteiger partial charge in [-0.15, -0.1) is 0 Å². The molecular weight excluding hydrogens is 336 g/mol. The largest absolute Gasteiger partial charge is 0.480 e. The van der Waals surface area contributed by atoms with Gasteiger partial charge in [0.2, 0.25) is 5.91 Å². The van der Waals surface area contributed by atoms with Crippen molar-refractivity contribution in [3.8, 4) is 0 Å². The summed E-state index contributed by atoms with van der Waals surface area (Å²) in [6.45, 7) is 2.76. The quantitative estimate of drug-likeness (QED) is 0.251. The molecule has 0 fully saturated rings. The van der Waals surface area contributed by atoms with E-state index in [1.54, 1.807) is 0 Å². The molecule has 0 radical (unpaired) electrons. The van der Waals surface area contributed by atoms with Gasteiger partial charge in [0.25, 0.3) is 0 Å². The van der Waals surface area contributed by atoms with Crippen LogP contribution in [0.2, 0.25) is 0 Å². The molecule has 0 rings (SSSR count). The maximum Gasteiger partial charge on any atom is 0.321 e. The van der Waals surface area contributed by atoms with E-state index >= 15 is 0 Å². The first-order valence-corrected chi connectivity index (χ1v) is 9.87. The van der Waals surface area contributed by atoms with Gasteiger partial charge in [0, 0.05) is 6.54 Å². The number of amides is 1. The molecule has 0 aliphatic heterocycles. The second kappa shape index (κ2) is 16.8. The van der Waals surface area contributed by atoms with Crippen molar-refractivity contribution in [1.29, 1.82) is 0 Å². The van der Waals surface area contributed by atoms with Gasteiger partial charge in [-0.05, 0) is 6.42 Å². The summed E-state index contributed by atoms with van der Waals surface area (Å²) in [5.74, 6) is -2.23. The molecule has 1 atom stereocenters. The lowest BCUT2D eigenvalue weighted by Gasteiger charge is -2.12. The molecular formula is C19H36N2O5. The standard InChI is InChI=1S/C19H36N2O5/c1-2-3-4-5-6-7-8-9-10-11-14-26-18(23)12-13-21-16(19(24)25)15-17(20)22/h16,21H,2-15H2,1H3,(H2,20,22)(H,24,25). The highest BCUT2D eigenvalue weighted by atomic mass is 16.5. The zero-order valence-corrected chi connectivity index (χ0v) is 16.1. The number of unbranched alkanes of at least 4 members (excludes halogenated alkanes) is 9. The molecule has 0 heterocycles. The summed E-state index contributed by atoms with van der Waals surface area (Å²) in [6.07, 6.45) is 12.0. The van der Waals surface area contributed by atoms with Gasteiger partial charge >= 0.3 is 11.9 Å². The number of hydrogen-bond donors (Lipinski definition) is 3. The summed E-state index contributed by atoms with van der Waals surface area (Å²) in [6, 6.07) is -1.07. The average Bonchev–Trinajstić information content (AvgIpc) is 2.58. The van der Waals surface area contributed by atoms with Gasteiger partial charge in [0.1, 0.15) is 6.04 Å². The van der Waals surface area contributed by atoms with Crippen LogP contribution in [0.25, 0.3) is 0 Å². The van der Waals surface area contributed by atoms with Crippen LogP contribution in [0.5, 0.6) is 0 Å². The van der Waals surface area contributed by atoms with Crippen LogP contribution in [0.15, 0.2) is 0 Å². The lowest BCUT2D eigenvalue weighted by molar-refractivity contribution is -0.144. The van der Waals surface area contributed by atoms with Crippen molar-refractivity contribution in [3.05, 3.63) is 0 Å². The Hall–Kier alpha value is -1.63. The monoisotopic (exact) mass is 372 g/mol. The lowest BCUT2D eigenvalue weighted by Crippen LogP contribution is -2.41. The Labute approximate surface area is 157 Å². The number of nitrogens with two attached hydrogens (primary N) is 1. The number of carbonyl (C=O) groups is 3. The van der Waals surface area contributed by atoms with E-state index in [-0.39, 0.29) is 25.4 Å². The number of carboxylic acid groups (broad SMARTS) is 1. The molecule has 1 unspecified atom stereocenters. The SMILES string of the molecule is CCCCCCCCCCCCOC(=O)CCNC(CC(N)=O)C(=O)O. The molecule has 0 aromatic rings. The van der Waals surface area contributed by atoms with E-state index in [0.29, 0.717) is 6.61 Å². The number of ether oxygens (including phenoxy) is 1. The predicted octanol–water partition coefficient (Wildman–Crippen LogP) is 2.76. The van der Waals surface area contributed by atoms with Crippen LogP contribution in [-0.2, 0) is 19.1 Å². The van der Waals surface area contributed by atoms with Crippen molar-refractivity contribution in [3.63, 3.8) is 0 Å². The van der Waals surface area contributed by atoms with E-state index in [4.69, 9.17) is 15.6 Å². The zero-order chi connectivity index (χ0) is 19.6. The molecule has 1 amide bonds. The Balaban J connectivity index is 3.49. The van der Waals surface area contributed by atoms with Gasteiger partial charge in [-0.2, -0.15) is 0 Å².